The van der Waals surface area contributed by atoms with Crippen molar-refractivity contribution in [3.8, 4) is 0 Å². The van der Waals surface area contributed by atoms with Gasteiger partial charge >= 0.3 is 0 Å². The molecule has 0 aliphatic carbocycles. The molecular weight excluding hydrogens is 369 g/mol. The maximum atomic E-state index is 12.9. The summed E-state index contributed by atoms with van der Waals surface area (Å²) in [5.41, 5.74) is 11.0. The fourth-order valence-electron chi connectivity index (χ4n) is 3.17. The van der Waals surface area contributed by atoms with E-state index in [9.17, 15) is 4.79 Å². The van der Waals surface area contributed by atoms with E-state index < -0.39 is 0 Å². The number of nitrogens with one attached hydrogen (secondary N) is 1. The number of benzene rings is 2. The monoisotopic (exact) mass is 395 g/mol. The van der Waals surface area contributed by atoms with E-state index in [1.54, 1.807) is 0 Å². The normalized spacial score (nSPS) is 16.3. The summed E-state index contributed by atoms with van der Waals surface area (Å²) in [6.07, 6.45) is 1.96. The maximum Gasteiger partial charge on any atom is 0.256 e. The van der Waals surface area contributed by atoms with Gasteiger partial charge in [-0.25, -0.2) is 0 Å². The molecule has 1 aliphatic rings. The fourth-order valence-corrected chi connectivity index (χ4v) is 3.17. The van der Waals surface area contributed by atoms with Gasteiger partial charge in [-0.05, 0) is 56.0 Å². The largest absolute Gasteiger partial charge is 0.355 e. The Kier molecular flexibility index (Phi) is 8.41. The first-order chi connectivity index (χ1) is 11.6. The van der Waals surface area contributed by atoms with Crippen LogP contribution in [0.2, 0.25) is 0 Å². The Morgan fingerprint density at radius 3 is 2.50 bits per heavy atom. The van der Waals surface area contributed by atoms with E-state index in [1.165, 1.54) is 11.1 Å². The number of hydrogen-bond donors (Lipinski definition) is 2. The molecule has 1 unspecified atom stereocenters. The Labute approximate surface area is 168 Å². The van der Waals surface area contributed by atoms with E-state index in [-0.39, 0.29) is 36.8 Å². The predicted octanol–water partition coefficient (Wildman–Crippen LogP) is 4.45. The van der Waals surface area contributed by atoms with Gasteiger partial charge in [-0.2, -0.15) is 0 Å². The lowest BCUT2D eigenvalue weighted by atomic mass is 10.0. The van der Waals surface area contributed by atoms with Crippen LogP contribution in [0.4, 0.5) is 11.4 Å². The first kappa shape index (κ1) is 22.3. The summed E-state index contributed by atoms with van der Waals surface area (Å²) in [6.45, 7) is 5.60. The third kappa shape index (κ3) is 4.91. The molecule has 3 rings (SSSR count). The lowest BCUT2D eigenvalue weighted by Gasteiger charge is -2.31. The van der Waals surface area contributed by atoms with Crippen molar-refractivity contribution < 1.29 is 4.79 Å². The highest BCUT2D eigenvalue weighted by Gasteiger charge is 2.24. The number of halogens is 2. The summed E-state index contributed by atoms with van der Waals surface area (Å²) in [7, 11) is 0. The summed E-state index contributed by atoms with van der Waals surface area (Å²) in [5.74, 6) is 0.0542. The average molecular weight is 396 g/mol. The second kappa shape index (κ2) is 9.81. The fraction of sp³-hybridized carbons (Fsp3) is 0.350. The molecule has 0 bridgehead atoms. The van der Waals surface area contributed by atoms with Crippen LogP contribution >= 0.6 is 24.8 Å². The number of carbonyl (C=O) groups excluding carboxylic acids is 1. The van der Waals surface area contributed by atoms with E-state index in [4.69, 9.17) is 5.73 Å². The van der Waals surface area contributed by atoms with E-state index >= 15 is 0 Å². The molecule has 0 aromatic heterocycles. The summed E-state index contributed by atoms with van der Waals surface area (Å²) in [6, 6.07) is 13.9. The molecule has 0 radical (unpaired) electrons. The van der Waals surface area contributed by atoms with Crippen molar-refractivity contribution in [3.63, 3.8) is 0 Å². The Morgan fingerprint density at radius 1 is 1.08 bits per heavy atom. The molecule has 2 aromatic rings. The number of hydrogen-bond acceptors (Lipinski definition) is 3. The minimum atomic E-state index is 0. The van der Waals surface area contributed by atoms with Crippen LogP contribution in [-0.4, -0.2) is 29.9 Å². The third-order valence-electron chi connectivity index (χ3n) is 4.78. The number of para-hydroxylation sites is 1. The highest BCUT2D eigenvalue weighted by molar-refractivity contribution is 6.00. The first-order valence-corrected chi connectivity index (χ1v) is 8.53. The molecule has 0 spiro atoms. The van der Waals surface area contributed by atoms with Crippen LogP contribution in [-0.2, 0) is 0 Å². The van der Waals surface area contributed by atoms with Gasteiger partial charge in [-0.3, -0.25) is 4.79 Å². The number of amides is 1. The molecule has 1 saturated heterocycles. The Balaban J connectivity index is 0.00000169. The van der Waals surface area contributed by atoms with Gasteiger partial charge in [0.1, 0.15) is 0 Å². The van der Waals surface area contributed by atoms with Gasteiger partial charge in [0.25, 0.3) is 5.91 Å². The van der Waals surface area contributed by atoms with Crippen LogP contribution in [0.5, 0.6) is 0 Å². The minimum absolute atomic E-state index is 0. The number of nitrogens with zero attached hydrogens (tertiary/aromatic N) is 1. The molecule has 142 valence electrons. The number of piperidine rings is 1. The second-order valence-electron chi connectivity index (χ2n) is 6.57. The van der Waals surface area contributed by atoms with Crippen molar-refractivity contribution >= 4 is 42.1 Å². The molecule has 6 heteroatoms. The van der Waals surface area contributed by atoms with Crippen LogP contribution in [0, 0.1) is 13.8 Å². The van der Waals surface area contributed by atoms with Gasteiger partial charge in [0.15, 0.2) is 0 Å². The Morgan fingerprint density at radius 2 is 1.77 bits per heavy atom. The third-order valence-corrected chi connectivity index (χ3v) is 4.78. The Hall–Kier alpha value is -1.75. The number of likely N-dealkylation sites (tertiary alicyclic amines) is 1. The van der Waals surface area contributed by atoms with Gasteiger partial charge in [0, 0.05) is 24.8 Å². The van der Waals surface area contributed by atoms with Crippen LogP contribution in [0.25, 0.3) is 0 Å². The molecule has 26 heavy (non-hydrogen) atoms. The molecule has 1 atom stereocenters. The highest BCUT2D eigenvalue weighted by Crippen LogP contribution is 2.26. The molecule has 3 N–H and O–H groups in total. The predicted molar refractivity (Wildman–Crippen MR) is 113 cm³/mol. The van der Waals surface area contributed by atoms with Gasteiger partial charge < -0.3 is 16.0 Å². The quantitative estimate of drug-likeness (QED) is 0.806. The number of nitrogens with two attached hydrogens (primary N) is 1. The van der Waals surface area contributed by atoms with Crippen LogP contribution in [0.1, 0.15) is 34.3 Å². The van der Waals surface area contributed by atoms with Crippen molar-refractivity contribution in [2.24, 2.45) is 5.73 Å². The van der Waals surface area contributed by atoms with Crippen molar-refractivity contribution in [1.29, 1.82) is 0 Å². The number of rotatable bonds is 3. The lowest BCUT2D eigenvalue weighted by molar-refractivity contribution is 0.0710. The van der Waals surface area contributed by atoms with E-state index in [2.05, 4.69) is 25.2 Å². The molecule has 1 aliphatic heterocycles. The smallest absolute Gasteiger partial charge is 0.256 e. The molecule has 4 nitrogen and oxygen atoms in total. The van der Waals surface area contributed by atoms with E-state index in [1.807, 2.05) is 41.3 Å². The lowest BCUT2D eigenvalue weighted by Crippen LogP contribution is -2.45. The Bertz CT molecular complexity index is 752. The molecule has 2 aromatic carbocycles. The van der Waals surface area contributed by atoms with Gasteiger partial charge in [-0.15, -0.1) is 24.8 Å². The van der Waals surface area contributed by atoms with Crippen molar-refractivity contribution in [2.75, 3.05) is 18.4 Å². The minimum Gasteiger partial charge on any atom is -0.355 e. The van der Waals surface area contributed by atoms with Gasteiger partial charge in [-0.1, -0.05) is 24.3 Å². The number of anilines is 2. The van der Waals surface area contributed by atoms with Crippen LogP contribution < -0.4 is 11.1 Å². The zero-order chi connectivity index (χ0) is 17.1. The SMILES string of the molecule is Cc1cccc(Nc2ccccc2C(=O)N2CCCC(N)C2)c1C.Cl.Cl. The highest BCUT2D eigenvalue weighted by atomic mass is 35.5. The van der Waals surface area contributed by atoms with Gasteiger partial charge in [0.2, 0.25) is 0 Å². The van der Waals surface area contributed by atoms with E-state index in [0.29, 0.717) is 12.1 Å². The topological polar surface area (TPSA) is 58.4 Å². The second-order valence-corrected chi connectivity index (χ2v) is 6.57. The van der Waals surface area contributed by atoms with Crippen LogP contribution in [0.15, 0.2) is 42.5 Å². The maximum absolute atomic E-state index is 12.9. The molecule has 1 fully saturated rings. The summed E-state index contributed by atoms with van der Waals surface area (Å²) >= 11 is 0. The molecular formula is C20H27Cl2N3O. The summed E-state index contributed by atoms with van der Waals surface area (Å²) in [4.78, 5) is 14.8. The summed E-state index contributed by atoms with van der Waals surface area (Å²) < 4.78 is 0. The molecule has 1 amide bonds. The molecule has 0 saturated carbocycles. The van der Waals surface area contributed by atoms with Crippen molar-refractivity contribution in [1.82, 2.24) is 4.90 Å². The zero-order valence-corrected chi connectivity index (χ0v) is 16.8. The van der Waals surface area contributed by atoms with Gasteiger partial charge in [0.05, 0.1) is 11.3 Å². The summed E-state index contributed by atoms with van der Waals surface area (Å²) in [5, 5.41) is 3.43. The van der Waals surface area contributed by atoms with Crippen LogP contribution in [0.3, 0.4) is 0 Å². The van der Waals surface area contributed by atoms with Crippen molar-refractivity contribution in [2.45, 2.75) is 32.7 Å². The number of aryl methyl sites for hydroxylation is 1. The van der Waals surface area contributed by atoms with Crippen molar-refractivity contribution in [3.05, 3.63) is 59.2 Å². The number of carbonyl (C=O) groups is 1. The first-order valence-electron chi connectivity index (χ1n) is 8.53. The zero-order valence-electron chi connectivity index (χ0n) is 15.2. The standard InChI is InChI=1S/C20H25N3O.2ClH/c1-14-7-5-11-18(15(14)2)22-19-10-4-3-9-17(19)20(24)23-12-6-8-16(21)13-23;;/h3-5,7,9-11,16,22H,6,8,12-13,21H2,1-2H3;2*1H. The molecule has 1 heterocycles. The van der Waals surface area contributed by atoms with E-state index in [0.717, 1.165) is 30.8 Å². The average Bonchev–Trinajstić information content (AvgIpc) is 2.59.